The Kier molecular flexibility index (Phi) is 4.41. The Hall–Kier alpha value is -0.450. The van der Waals surface area contributed by atoms with Crippen molar-refractivity contribution in [2.45, 2.75) is 5.38 Å². The third-order valence-corrected chi connectivity index (χ3v) is 4.12. The SMILES string of the molecule is Fc1ccc(C(Cl)c2ccc(Br)cc2Br)c(F)c1. The number of benzene rings is 2. The third kappa shape index (κ3) is 2.92. The van der Waals surface area contributed by atoms with Crippen LogP contribution in [0.5, 0.6) is 0 Å². The lowest BCUT2D eigenvalue weighted by molar-refractivity contribution is 0.573. The number of hydrogen-bond acceptors (Lipinski definition) is 0. The van der Waals surface area contributed by atoms with Gasteiger partial charge >= 0.3 is 0 Å². The van der Waals surface area contributed by atoms with Crippen molar-refractivity contribution < 1.29 is 8.78 Å². The van der Waals surface area contributed by atoms with Crippen molar-refractivity contribution in [2.75, 3.05) is 0 Å². The number of alkyl halides is 1. The highest BCUT2D eigenvalue weighted by molar-refractivity contribution is 9.11. The Balaban J connectivity index is 2.44. The molecule has 0 N–H and O–H groups in total. The van der Waals surface area contributed by atoms with Crippen LogP contribution in [0.25, 0.3) is 0 Å². The zero-order chi connectivity index (χ0) is 13.3. The maximum absolute atomic E-state index is 13.6. The number of halogens is 5. The molecule has 0 aliphatic rings. The van der Waals surface area contributed by atoms with Crippen molar-refractivity contribution >= 4 is 43.5 Å². The Morgan fingerprint density at radius 2 is 1.61 bits per heavy atom. The first-order chi connectivity index (χ1) is 8.49. The Morgan fingerprint density at radius 1 is 0.944 bits per heavy atom. The van der Waals surface area contributed by atoms with Crippen LogP contribution in [-0.2, 0) is 0 Å². The summed E-state index contributed by atoms with van der Waals surface area (Å²) in [6, 6.07) is 8.81. The zero-order valence-corrected chi connectivity index (χ0v) is 12.9. The van der Waals surface area contributed by atoms with Gasteiger partial charge in [0.05, 0.1) is 5.38 Å². The summed E-state index contributed by atoms with van der Waals surface area (Å²) in [7, 11) is 0. The predicted molar refractivity (Wildman–Crippen MR) is 75.9 cm³/mol. The van der Waals surface area contributed by atoms with Gasteiger partial charge in [-0.15, -0.1) is 11.6 Å². The van der Waals surface area contributed by atoms with Gasteiger partial charge in [0, 0.05) is 20.6 Å². The van der Waals surface area contributed by atoms with Crippen LogP contribution in [0.1, 0.15) is 16.5 Å². The van der Waals surface area contributed by atoms with E-state index in [1.165, 1.54) is 12.1 Å². The van der Waals surface area contributed by atoms with Gasteiger partial charge in [0.1, 0.15) is 11.6 Å². The molecule has 0 aliphatic carbocycles. The first-order valence-corrected chi connectivity index (χ1v) is 7.05. The van der Waals surface area contributed by atoms with Crippen LogP contribution in [0.3, 0.4) is 0 Å². The van der Waals surface area contributed by atoms with Gasteiger partial charge in [-0.3, -0.25) is 0 Å². The molecule has 1 unspecified atom stereocenters. The van der Waals surface area contributed by atoms with Crippen molar-refractivity contribution in [3.8, 4) is 0 Å². The van der Waals surface area contributed by atoms with E-state index < -0.39 is 17.0 Å². The summed E-state index contributed by atoms with van der Waals surface area (Å²) >= 11 is 12.9. The lowest BCUT2D eigenvalue weighted by Gasteiger charge is -2.13. The Morgan fingerprint density at radius 3 is 2.22 bits per heavy atom. The van der Waals surface area contributed by atoms with Crippen molar-refractivity contribution in [3.05, 3.63) is 68.1 Å². The van der Waals surface area contributed by atoms with E-state index in [4.69, 9.17) is 11.6 Å². The first kappa shape index (κ1) is 14.0. The zero-order valence-electron chi connectivity index (χ0n) is 8.93. The maximum atomic E-state index is 13.6. The fraction of sp³-hybridized carbons (Fsp3) is 0.0769. The Labute approximate surface area is 125 Å². The molecule has 18 heavy (non-hydrogen) atoms. The van der Waals surface area contributed by atoms with Crippen LogP contribution < -0.4 is 0 Å². The molecule has 0 amide bonds. The summed E-state index contributed by atoms with van der Waals surface area (Å²) in [6.07, 6.45) is 0. The predicted octanol–water partition coefficient (Wildman–Crippen LogP) is 5.82. The summed E-state index contributed by atoms with van der Waals surface area (Å²) in [4.78, 5) is 0. The van der Waals surface area contributed by atoms with Crippen molar-refractivity contribution in [1.29, 1.82) is 0 Å². The number of rotatable bonds is 2. The highest BCUT2D eigenvalue weighted by Crippen LogP contribution is 2.36. The minimum atomic E-state index is -0.673. The molecular formula is C13H7Br2ClF2. The van der Waals surface area contributed by atoms with Crippen LogP contribution in [0.2, 0.25) is 0 Å². The molecule has 0 nitrogen and oxygen atoms in total. The quantitative estimate of drug-likeness (QED) is 0.561. The summed E-state index contributed by atoms with van der Waals surface area (Å²) in [5, 5.41) is -0.673. The minimum absolute atomic E-state index is 0.251. The minimum Gasteiger partial charge on any atom is -0.207 e. The van der Waals surface area contributed by atoms with Crippen LogP contribution in [0, 0.1) is 11.6 Å². The van der Waals surface area contributed by atoms with Gasteiger partial charge in [0.25, 0.3) is 0 Å². The van der Waals surface area contributed by atoms with E-state index in [-0.39, 0.29) is 5.56 Å². The molecule has 0 fully saturated rings. The van der Waals surface area contributed by atoms with E-state index >= 15 is 0 Å². The molecule has 2 aromatic rings. The van der Waals surface area contributed by atoms with Crippen molar-refractivity contribution in [3.63, 3.8) is 0 Å². The second-order valence-corrected chi connectivity index (χ2v) is 5.90. The van der Waals surface area contributed by atoms with Crippen molar-refractivity contribution in [2.24, 2.45) is 0 Å². The summed E-state index contributed by atoms with van der Waals surface area (Å²) < 4.78 is 28.2. The van der Waals surface area contributed by atoms with Gasteiger partial charge in [-0.2, -0.15) is 0 Å². The van der Waals surface area contributed by atoms with Crippen LogP contribution in [0.4, 0.5) is 8.78 Å². The topological polar surface area (TPSA) is 0 Å². The van der Waals surface area contributed by atoms with Gasteiger partial charge in [-0.1, -0.05) is 44.0 Å². The molecule has 0 heterocycles. The standard InChI is InChI=1S/C13H7Br2ClF2/c14-7-1-3-9(11(15)5-7)13(16)10-4-2-8(17)6-12(10)18/h1-6,13H. The lowest BCUT2D eigenvalue weighted by atomic mass is 10.0. The average molecular weight is 396 g/mol. The molecule has 0 aromatic heterocycles. The van der Waals surface area contributed by atoms with Gasteiger partial charge < -0.3 is 0 Å². The second kappa shape index (κ2) is 5.68. The largest absolute Gasteiger partial charge is 0.207 e. The van der Waals surface area contributed by atoms with E-state index in [2.05, 4.69) is 31.9 Å². The monoisotopic (exact) mass is 394 g/mol. The summed E-state index contributed by atoms with van der Waals surface area (Å²) in [5.74, 6) is -1.26. The molecule has 5 heteroatoms. The second-order valence-electron chi connectivity index (χ2n) is 3.69. The van der Waals surface area contributed by atoms with Gasteiger partial charge in [-0.25, -0.2) is 8.78 Å². The maximum Gasteiger partial charge on any atom is 0.131 e. The summed E-state index contributed by atoms with van der Waals surface area (Å²) in [6.45, 7) is 0. The smallest absolute Gasteiger partial charge is 0.131 e. The van der Waals surface area contributed by atoms with E-state index in [1.54, 1.807) is 6.07 Å². The van der Waals surface area contributed by atoms with Crippen LogP contribution >= 0.6 is 43.5 Å². The molecular weight excluding hydrogens is 389 g/mol. The molecule has 1 atom stereocenters. The normalized spacial score (nSPS) is 12.5. The molecule has 0 bridgehead atoms. The molecule has 0 saturated heterocycles. The Bertz CT molecular complexity index is 536. The average Bonchev–Trinajstić information content (AvgIpc) is 2.28. The third-order valence-electron chi connectivity index (χ3n) is 2.47. The highest BCUT2D eigenvalue weighted by Gasteiger charge is 2.18. The van der Waals surface area contributed by atoms with Crippen molar-refractivity contribution in [1.82, 2.24) is 0 Å². The van der Waals surface area contributed by atoms with Gasteiger partial charge in [0.2, 0.25) is 0 Å². The van der Waals surface area contributed by atoms with E-state index in [0.717, 1.165) is 20.6 Å². The van der Waals surface area contributed by atoms with Gasteiger partial charge in [-0.05, 0) is 23.8 Å². The molecule has 0 spiro atoms. The molecule has 0 radical (unpaired) electrons. The highest BCUT2D eigenvalue weighted by atomic mass is 79.9. The fourth-order valence-electron chi connectivity index (χ4n) is 1.58. The molecule has 2 aromatic carbocycles. The molecule has 94 valence electrons. The molecule has 2 rings (SSSR count). The lowest BCUT2D eigenvalue weighted by Crippen LogP contribution is -1.98. The van der Waals surface area contributed by atoms with Gasteiger partial charge in [0.15, 0.2) is 0 Å². The van der Waals surface area contributed by atoms with E-state index in [1.807, 2.05) is 12.1 Å². The van der Waals surface area contributed by atoms with E-state index in [0.29, 0.717) is 0 Å². The molecule has 0 aliphatic heterocycles. The molecule has 0 saturated carbocycles. The van der Waals surface area contributed by atoms with E-state index in [9.17, 15) is 8.78 Å². The summed E-state index contributed by atoms with van der Waals surface area (Å²) in [5.41, 5.74) is 0.978. The van der Waals surface area contributed by atoms with Crippen LogP contribution in [-0.4, -0.2) is 0 Å². The first-order valence-electron chi connectivity index (χ1n) is 5.03. The fourth-order valence-corrected chi connectivity index (χ4v) is 3.36. The number of hydrogen-bond donors (Lipinski definition) is 0. The van der Waals surface area contributed by atoms with Crippen LogP contribution in [0.15, 0.2) is 45.3 Å².